The minimum Gasteiger partial charge on any atom is -0.468 e. The average molecular weight is 230 g/mol. The van der Waals surface area contributed by atoms with Crippen LogP contribution in [0.5, 0.6) is 0 Å². The number of carbonyl (C=O) groups is 2. The van der Waals surface area contributed by atoms with Crippen LogP contribution in [0, 0.1) is 0 Å². The molecule has 0 aromatic heterocycles. The van der Waals surface area contributed by atoms with Gasteiger partial charge in [-0.2, -0.15) is 0 Å². The molecule has 2 atom stereocenters. The lowest BCUT2D eigenvalue weighted by Crippen LogP contribution is -2.31. The van der Waals surface area contributed by atoms with Gasteiger partial charge in [0.2, 0.25) is 0 Å². The van der Waals surface area contributed by atoms with Crippen LogP contribution in [0.2, 0.25) is 0 Å². The molecule has 16 heavy (non-hydrogen) atoms. The molecule has 0 spiro atoms. The maximum Gasteiger partial charge on any atom is 0.322 e. The smallest absolute Gasteiger partial charge is 0.322 e. The Morgan fingerprint density at radius 3 is 1.56 bits per heavy atom. The van der Waals surface area contributed by atoms with Crippen LogP contribution in [0.1, 0.15) is 12.8 Å². The lowest BCUT2D eigenvalue weighted by molar-refractivity contribution is -0.142. The third kappa shape index (κ3) is 5.47. The molecule has 0 aliphatic heterocycles. The maximum atomic E-state index is 10.9. The molecule has 0 amide bonds. The Bertz CT molecular complexity index is 240. The molecule has 0 aliphatic rings. The van der Waals surface area contributed by atoms with Crippen molar-refractivity contribution < 1.29 is 19.1 Å². The molecule has 92 valence electrons. The van der Waals surface area contributed by atoms with Crippen molar-refractivity contribution in [1.82, 2.24) is 0 Å². The van der Waals surface area contributed by atoms with Gasteiger partial charge >= 0.3 is 11.9 Å². The number of ether oxygens (including phenoxy) is 2. The first-order chi connectivity index (χ1) is 7.52. The molecule has 6 heteroatoms. The molecule has 4 N–H and O–H groups in total. The van der Waals surface area contributed by atoms with Gasteiger partial charge in [0.1, 0.15) is 12.1 Å². The Balaban J connectivity index is 3.86. The van der Waals surface area contributed by atoms with Crippen LogP contribution < -0.4 is 11.5 Å². The second-order valence-electron chi connectivity index (χ2n) is 3.20. The number of esters is 2. The number of methoxy groups -OCH3 is 2. The molecule has 0 saturated carbocycles. The number of hydrogen-bond donors (Lipinski definition) is 2. The molecule has 0 fully saturated rings. The second-order valence-corrected chi connectivity index (χ2v) is 3.20. The highest BCUT2D eigenvalue weighted by Crippen LogP contribution is 1.97. The van der Waals surface area contributed by atoms with Crippen LogP contribution in [0.4, 0.5) is 0 Å². The largest absolute Gasteiger partial charge is 0.468 e. The van der Waals surface area contributed by atoms with E-state index in [1.54, 1.807) is 12.2 Å². The summed E-state index contributed by atoms with van der Waals surface area (Å²) in [4.78, 5) is 21.8. The van der Waals surface area contributed by atoms with Gasteiger partial charge in [-0.25, -0.2) is 0 Å². The Hall–Kier alpha value is -1.40. The fourth-order valence-corrected chi connectivity index (χ4v) is 0.981. The highest BCUT2D eigenvalue weighted by molar-refractivity contribution is 5.76. The van der Waals surface area contributed by atoms with E-state index in [4.69, 9.17) is 11.5 Å². The lowest BCUT2D eigenvalue weighted by Gasteiger charge is -2.06. The molecule has 0 radical (unpaired) electrons. The van der Waals surface area contributed by atoms with Crippen LogP contribution in [0.25, 0.3) is 0 Å². The number of carbonyl (C=O) groups excluding carboxylic acids is 2. The van der Waals surface area contributed by atoms with Crippen LogP contribution in [-0.2, 0) is 19.1 Å². The summed E-state index contributed by atoms with van der Waals surface area (Å²) in [6, 6.07) is -1.37. The van der Waals surface area contributed by atoms with Gasteiger partial charge in [0.05, 0.1) is 14.2 Å². The molecule has 0 unspecified atom stereocenters. The minimum absolute atomic E-state index is 0.348. The lowest BCUT2D eigenvalue weighted by atomic mass is 10.1. The van der Waals surface area contributed by atoms with Gasteiger partial charge in [-0.1, -0.05) is 12.2 Å². The quantitative estimate of drug-likeness (QED) is 0.463. The third-order valence-electron chi connectivity index (χ3n) is 1.95. The Morgan fingerprint density at radius 1 is 1.00 bits per heavy atom. The van der Waals surface area contributed by atoms with Gasteiger partial charge in [0.15, 0.2) is 0 Å². The fourth-order valence-electron chi connectivity index (χ4n) is 0.981. The predicted molar refractivity (Wildman–Crippen MR) is 58.4 cm³/mol. The molecule has 0 aromatic rings. The van der Waals surface area contributed by atoms with Gasteiger partial charge in [0.25, 0.3) is 0 Å². The molecule has 0 bridgehead atoms. The van der Waals surface area contributed by atoms with Crippen LogP contribution in [-0.4, -0.2) is 38.2 Å². The standard InChI is InChI=1S/C10H18N2O4/c1-15-9(13)7(11)5-3-4-6-8(12)10(14)16-2/h3-4,7-8H,5-6,11-12H2,1-2H3/b4-3+/t7-,8+. The Labute approximate surface area is 94.6 Å². The second kappa shape index (κ2) is 7.84. The zero-order chi connectivity index (χ0) is 12.6. The maximum absolute atomic E-state index is 10.9. The Morgan fingerprint density at radius 2 is 1.31 bits per heavy atom. The van der Waals surface area contributed by atoms with Crippen molar-refractivity contribution in [1.29, 1.82) is 0 Å². The zero-order valence-corrected chi connectivity index (χ0v) is 9.51. The first kappa shape index (κ1) is 14.6. The summed E-state index contributed by atoms with van der Waals surface area (Å²) >= 11 is 0. The normalized spacial score (nSPS) is 14.5. The van der Waals surface area contributed by atoms with Gasteiger partial charge < -0.3 is 20.9 Å². The van der Waals surface area contributed by atoms with Gasteiger partial charge in [0, 0.05) is 0 Å². The van der Waals surface area contributed by atoms with E-state index in [-0.39, 0.29) is 0 Å². The highest BCUT2D eigenvalue weighted by Gasteiger charge is 2.12. The monoisotopic (exact) mass is 230 g/mol. The first-order valence-corrected chi connectivity index (χ1v) is 4.84. The summed E-state index contributed by atoms with van der Waals surface area (Å²) in [7, 11) is 2.55. The van der Waals surface area contributed by atoms with E-state index in [2.05, 4.69) is 9.47 Å². The van der Waals surface area contributed by atoms with E-state index in [1.807, 2.05) is 0 Å². The van der Waals surface area contributed by atoms with Crippen molar-refractivity contribution in [3.05, 3.63) is 12.2 Å². The summed E-state index contributed by atoms with van der Waals surface area (Å²) in [6.07, 6.45) is 4.07. The zero-order valence-electron chi connectivity index (χ0n) is 9.51. The van der Waals surface area contributed by atoms with E-state index in [9.17, 15) is 9.59 Å². The Kier molecular flexibility index (Phi) is 7.15. The fraction of sp³-hybridized carbons (Fsp3) is 0.600. The first-order valence-electron chi connectivity index (χ1n) is 4.84. The van der Waals surface area contributed by atoms with Crippen LogP contribution in [0.15, 0.2) is 12.2 Å². The molecule has 0 aliphatic carbocycles. The van der Waals surface area contributed by atoms with Crippen LogP contribution >= 0.6 is 0 Å². The van der Waals surface area contributed by atoms with Crippen molar-refractivity contribution in [2.75, 3.05) is 14.2 Å². The number of rotatable bonds is 6. The summed E-state index contributed by atoms with van der Waals surface area (Å²) in [5, 5.41) is 0. The molecule has 0 heterocycles. The number of hydrogen-bond acceptors (Lipinski definition) is 6. The topological polar surface area (TPSA) is 105 Å². The van der Waals surface area contributed by atoms with Gasteiger partial charge in [-0.3, -0.25) is 9.59 Å². The highest BCUT2D eigenvalue weighted by atomic mass is 16.5. The molecule has 0 saturated heterocycles. The van der Waals surface area contributed by atoms with E-state index >= 15 is 0 Å². The summed E-state index contributed by atoms with van der Waals surface area (Å²) < 4.78 is 8.90. The van der Waals surface area contributed by atoms with Crippen LogP contribution in [0.3, 0.4) is 0 Å². The predicted octanol–water partition coefficient (Wildman–Crippen LogP) is -0.677. The summed E-state index contributed by atoms with van der Waals surface area (Å²) in [5.74, 6) is -0.941. The van der Waals surface area contributed by atoms with E-state index in [0.717, 1.165) is 0 Å². The molecule has 6 nitrogen and oxygen atoms in total. The van der Waals surface area contributed by atoms with E-state index in [1.165, 1.54) is 14.2 Å². The van der Waals surface area contributed by atoms with E-state index in [0.29, 0.717) is 12.8 Å². The van der Waals surface area contributed by atoms with Gasteiger partial charge in [-0.15, -0.1) is 0 Å². The van der Waals surface area contributed by atoms with Crippen molar-refractivity contribution in [2.24, 2.45) is 11.5 Å². The third-order valence-corrected chi connectivity index (χ3v) is 1.95. The van der Waals surface area contributed by atoms with Crippen molar-refractivity contribution in [2.45, 2.75) is 24.9 Å². The molecule has 0 aromatic carbocycles. The number of nitrogens with two attached hydrogens (primary N) is 2. The molecule has 0 rings (SSSR count). The molecular formula is C10H18N2O4. The summed E-state index contributed by atoms with van der Waals surface area (Å²) in [5.41, 5.74) is 11.0. The van der Waals surface area contributed by atoms with Crippen molar-refractivity contribution in [3.8, 4) is 0 Å². The minimum atomic E-state index is -0.685. The molecular weight excluding hydrogens is 212 g/mol. The van der Waals surface area contributed by atoms with E-state index < -0.39 is 24.0 Å². The van der Waals surface area contributed by atoms with Crippen molar-refractivity contribution >= 4 is 11.9 Å². The summed E-state index contributed by atoms with van der Waals surface area (Å²) in [6.45, 7) is 0. The average Bonchev–Trinajstić information content (AvgIpc) is 2.31. The van der Waals surface area contributed by atoms with Gasteiger partial charge in [-0.05, 0) is 12.8 Å². The SMILES string of the molecule is COC(=O)[C@H](N)C/C=C/C[C@H](N)C(=O)OC. The van der Waals surface area contributed by atoms with Crippen molar-refractivity contribution in [3.63, 3.8) is 0 Å².